The number of ether oxygens (including phenoxy) is 1. The predicted molar refractivity (Wildman–Crippen MR) is 521 cm³/mol. The lowest BCUT2D eigenvalue weighted by Gasteiger charge is -2.28. The molecule has 3 aromatic carbocycles. The van der Waals surface area contributed by atoms with Gasteiger partial charge < -0.3 is 10.1 Å². The van der Waals surface area contributed by atoms with E-state index in [0.29, 0.717) is 54.1 Å². The standard InChI is InChI=1S/C12H18.C11H23NO.C11H16O.C11H22.C11H16.C11H20.2C7H16.2C6H14.C5H5N.C5H12.C3H8.2CH4/c1-12(2,3)10-9-11-7-5-4-6-8-11;1-10(2,3)7-8-12-9(13)11(4,5)6;1-11(2,3)9-5-7-10(12-4)8-6-9;2*1-11(2,3)9-10-7-5-4-6-8-10;1-10(2,3)8-7-9-11(4,5)6;2*1-5-6-7(2,3)4;2*1-5-6(2,3)4;1-2-4-6-5-3-1;1-5(2,3)4;1-3-2;;/h4-8H,9-10H2,1-3H3;7-8H2,1-6H3,(H,12,13);5-8H,1-4H3;10H,4-9H2,1-3H3;4-8H,9H2,1-3H3;8H2,1-6H3;2*5-6H2,1-4H3;2*5H2,1-4H3;1-5H;1-4H3;3H2,1-2H3;2*1H4. The zero-order valence-electron chi connectivity index (χ0n) is 83.7. The van der Waals surface area contributed by atoms with Crippen LogP contribution < -0.4 is 10.1 Å². The summed E-state index contributed by atoms with van der Waals surface area (Å²) in [6.45, 7) is 102. The largest absolute Gasteiger partial charge is 0.497 e. The Morgan fingerprint density at radius 3 is 0.991 bits per heavy atom. The average Bonchev–Trinajstić information content (AvgIpc) is 0.864. The molecule has 0 radical (unpaired) electrons. The van der Waals surface area contributed by atoms with Crippen LogP contribution in [0.15, 0.2) is 116 Å². The van der Waals surface area contributed by atoms with Crippen molar-refractivity contribution < 1.29 is 9.53 Å². The Labute approximate surface area is 710 Å². The van der Waals surface area contributed by atoms with Gasteiger partial charge in [-0.1, -0.05) is 462 Å². The summed E-state index contributed by atoms with van der Waals surface area (Å²) in [6.07, 6.45) is 27.1. The molecule has 1 heterocycles. The summed E-state index contributed by atoms with van der Waals surface area (Å²) in [5.74, 6) is 8.54. The highest BCUT2D eigenvalue weighted by atomic mass is 16.5. The van der Waals surface area contributed by atoms with Crippen molar-refractivity contribution in [1.82, 2.24) is 10.3 Å². The lowest BCUT2D eigenvalue weighted by molar-refractivity contribution is -0.128. The number of hydrogen-bond acceptors (Lipinski definition) is 3. The van der Waals surface area contributed by atoms with Gasteiger partial charge in [0.25, 0.3) is 0 Å². The second-order valence-corrected chi connectivity index (χ2v) is 46.3. The SMILES string of the molecule is C.C.CC(C)(C)C.CC(C)(C)C#CCC(C)(C)C.CC(C)(C)CC1CCCCC1.CC(C)(C)CCNC(=O)C(C)(C)C.CC(C)(C)CCc1ccccc1.CC(C)(C)Cc1ccccc1.CCC.CCC(C)(C)C.CCC(C)(C)C.CCCC(C)(C)C.CCCC(C)(C)C.COc1ccc(C(C)(C)C)cc1.c1ccncc1. The highest BCUT2D eigenvalue weighted by Gasteiger charge is 2.23. The number of carbonyl (C=O) groups excluding carboxylic acids is 1. The van der Waals surface area contributed by atoms with E-state index in [1.807, 2.05) is 51.1 Å². The number of hydrogen-bond donors (Lipinski definition) is 1. The van der Waals surface area contributed by atoms with Gasteiger partial charge in [0.15, 0.2) is 0 Å². The van der Waals surface area contributed by atoms with Crippen LogP contribution in [0.5, 0.6) is 5.75 Å². The molecule has 0 atom stereocenters. The first-order valence-electron chi connectivity index (χ1n) is 43.6. The molecule has 0 bridgehead atoms. The molecule has 4 heteroatoms. The maximum Gasteiger partial charge on any atom is 0.225 e. The molecular formula is C108H208N2O2. The van der Waals surface area contributed by atoms with Gasteiger partial charge in [0, 0.05) is 36.2 Å². The topological polar surface area (TPSA) is 51.2 Å². The summed E-state index contributed by atoms with van der Waals surface area (Å²) in [7, 11) is 1.69. The van der Waals surface area contributed by atoms with E-state index in [9.17, 15) is 4.79 Å². The van der Waals surface area contributed by atoms with Crippen LogP contribution in [-0.2, 0) is 23.1 Å². The van der Waals surface area contributed by atoms with E-state index in [1.165, 1.54) is 113 Å². The Kier molecular flexibility index (Phi) is 75.3. The van der Waals surface area contributed by atoms with E-state index >= 15 is 0 Å². The number of rotatable bonds is 9. The van der Waals surface area contributed by atoms with Crippen LogP contribution in [0.25, 0.3) is 0 Å². The van der Waals surface area contributed by atoms with E-state index in [4.69, 9.17) is 4.74 Å². The lowest BCUT2D eigenvalue weighted by atomic mass is 9.78. The minimum Gasteiger partial charge on any atom is -0.497 e. The highest BCUT2D eigenvalue weighted by molar-refractivity contribution is 5.81. The average molecular weight is 1570 g/mol. The summed E-state index contributed by atoms with van der Waals surface area (Å²) >= 11 is 0. The van der Waals surface area contributed by atoms with E-state index in [2.05, 4.69) is 393 Å². The third kappa shape index (κ3) is 129. The highest BCUT2D eigenvalue weighted by Crippen LogP contribution is 2.34. The fourth-order valence-corrected chi connectivity index (χ4v) is 8.92. The normalized spacial score (nSPS) is 12.3. The number of nitrogens with zero attached hydrogens (tertiary/aromatic N) is 1. The van der Waals surface area contributed by atoms with E-state index < -0.39 is 0 Å². The van der Waals surface area contributed by atoms with Crippen LogP contribution >= 0.6 is 0 Å². The summed E-state index contributed by atoms with van der Waals surface area (Å²) in [5.41, 5.74) is 9.08. The summed E-state index contributed by atoms with van der Waals surface area (Å²) < 4.78 is 5.08. The fourth-order valence-electron chi connectivity index (χ4n) is 8.92. The van der Waals surface area contributed by atoms with Crippen LogP contribution in [-0.4, -0.2) is 24.5 Å². The van der Waals surface area contributed by atoms with Gasteiger partial charge in [-0.2, -0.15) is 0 Å². The van der Waals surface area contributed by atoms with Gasteiger partial charge >= 0.3 is 0 Å². The van der Waals surface area contributed by atoms with Crippen molar-refractivity contribution in [2.75, 3.05) is 13.7 Å². The molecule has 0 saturated heterocycles. The lowest BCUT2D eigenvalue weighted by Crippen LogP contribution is -2.36. The quantitative estimate of drug-likeness (QED) is 0.170. The van der Waals surface area contributed by atoms with Crippen molar-refractivity contribution >= 4 is 5.91 Å². The zero-order valence-corrected chi connectivity index (χ0v) is 83.7. The van der Waals surface area contributed by atoms with Crippen molar-refractivity contribution in [3.63, 3.8) is 0 Å². The van der Waals surface area contributed by atoms with Gasteiger partial charge in [0.05, 0.1) is 7.11 Å². The van der Waals surface area contributed by atoms with Gasteiger partial charge in [-0.15, -0.1) is 5.92 Å². The van der Waals surface area contributed by atoms with Crippen LogP contribution in [0.1, 0.15) is 453 Å². The summed E-state index contributed by atoms with van der Waals surface area (Å²) in [6, 6.07) is 35.3. The van der Waals surface area contributed by atoms with Gasteiger partial charge in [-0.3, -0.25) is 9.78 Å². The van der Waals surface area contributed by atoms with Gasteiger partial charge in [-0.25, -0.2) is 0 Å². The molecule has 4 aromatic rings. The summed E-state index contributed by atoms with van der Waals surface area (Å²) in [4.78, 5) is 15.2. The number of aryl methyl sites for hydroxylation is 1. The first-order chi connectivity index (χ1) is 49.3. The molecule has 0 unspecified atom stereocenters. The molecule has 5 rings (SSSR count). The van der Waals surface area contributed by atoms with E-state index in [-0.39, 0.29) is 37.0 Å². The first-order valence-corrected chi connectivity index (χ1v) is 43.6. The number of benzene rings is 3. The third-order valence-electron chi connectivity index (χ3n) is 15.8. The Bertz CT molecular complexity index is 2610. The molecule has 112 heavy (non-hydrogen) atoms. The second-order valence-electron chi connectivity index (χ2n) is 46.3. The third-order valence-corrected chi connectivity index (χ3v) is 15.8. The van der Waals surface area contributed by atoms with Crippen LogP contribution in [0, 0.1) is 82.7 Å². The smallest absolute Gasteiger partial charge is 0.225 e. The molecule has 0 spiro atoms. The van der Waals surface area contributed by atoms with Gasteiger partial charge in [0.1, 0.15) is 5.75 Å². The monoisotopic (exact) mass is 1570 g/mol. The fraction of sp³-hybridized carbons (Fsp3) is 0.759. The van der Waals surface area contributed by atoms with Crippen LogP contribution in [0.3, 0.4) is 0 Å². The number of aromatic nitrogens is 1. The molecule has 1 aromatic heterocycles. The Morgan fingerprint density at radius 2 is 0.759 bits per heavy atom. The minimum atomic E-state index is -0.266. The molecule has 1 fully saturated rings. The maximum atomic E-state index is 11.4. The van der Waals surface area contributed by atoms with Gasteiger partial charge in [0.2, 0.25) is 5.91 Å². The van der Waals surface area contributed by atoms with Crippen molar-refractivity contribution in [3.05, 3.63) is 132 Å². The van der Waals surface area contributed by atoms with Crippen molar-refractivity contribution in [1.29, 1.82) is 0 Å². The molecular weight excluding hydrogens is 1360 g/mol. The number of carbonyl (C=O) groups is 1. The molecule has 1 amide bonds. The molecule has 1 aliphatic carbocycles. The molecule has 4 nitrogen and oxygen atoms in total. The number of nitrogens with one attached hydrogen (secondary N) is 1. The number of amides is 1. The number of methoxy groups -OCH3 is 1. The van der Waals surface area contributed by atoms with Crippen molar-refractivity contribution in [2.45, 2.75) is 454 Å². The van der Waals surface area contributed by atoms with Crippen LogP contribution in [0.4, 0.5) is 0 Å². The molecule has 662 valence electrons. The van der Waals surface area contributed by atoms with Crippen molar-refractivity contribution in [2.24, 2.45) is 70.9 Å². The number of pyridine rings is 1. The first kappa shape index (κ1) is 128. The Morgan fingerprint density at radius 1 is 0.420 bits per heavy atom. The summed E-state index contributed by atoms with van der Waals surface area (Å²) in [5, 5.41) is 2.94. The Balaban J connectivity index is -0.000000127. The molecule has 1 saturated carbocycles. The Hall–Kier alpha value is -4.36. The maximum absolute atomic E-state index is 11.4. The van der Waals surface area contributed by atoms with Crippen molar-refractivity contribution in [3.8, 4) is 17.6 Å². The molecule has 1 aliphatic rings. The second kappa shape index (κ2) is 65.6. The van der Waals surface area contributed by atoms with Gasteiger partial charge in [-0.05, 0) is 172 Å². The molecule has 1 N–H and O–H groups in total. The minimum absolute atomic E-state index is 0. The van der Waals surface area contributed by atoms with E-state index in [0.717, 1.165) is 37.5 Å². The predicted octanol–water partition coefficient (Wildman–Crippen LogP) is 36.4. The molecule has 0 aliphatic heterocycles. The zero-order chi connectivity index (χ0) is 88.4. The van der Waals surface area contributed by atoms with Crippen LogP contribution in [0.2, 0.25) is 0 Å². The van der Waals surface area contributed by atoms with E-state index in [1.54, 1.807) is 19.5 Å².